The summed E-state index contributed by atoms with van der Waals surface area (Å²) in [5.41, 5.74) is 1.05. The summed E-state index contributed by atoms with van der Waals surface area (Å²) < 4.78 is 16.8. The van der Waals surface area contributed by atoms with Gasteiger partial charge in [0, 0.05) is 19.2 Å². The second-order valence-electron chi connectivity index (χ2n) is 8.35. The van der Waals surface area contributed by atoms with Crippen LogP contribution < -0.4 is 9.47 Å². The molecule has 0 aliphatic carbocycles. The predicted molar refractivity (Wildman–Crippen MR) is 136 cm³/mol. The van der Waals surface area contributed by atoms with Gasteiger partial charge in [0.15, 0.2) is 0 Å². The highest BCUT2D eigenvalue weighted by Crippen LogP contribution is 2.40. The Morgan fingerprint density at radius 3 is 2.36 bits per heavy atom. The molecule has 1 saturated heterocycles. The van der Waals surface area contributed by atoms with E-state index >= 15 is 0 Å². The van der Waals surface area contributed by atoms with Crippen LogP contribution in [-0.4, -0.2) is 48.6 Å². The quantitative estimate of drug-likeness (QED) is 0.236. The van der Waals surface area contributed by atoms with Gasteiger partial charge in [0.2, 0.25) is 0 Å². The molecule has 1 N–H and O–H groups in total. The maximum atomic E-state index is 13.2. The van der Waals surface area contributed by atoms with E-state index in [4.69, 9.17) is 14.2 Å². The summed E-state index contributed by atoms with van der Waals surface area (Å²) >= 11 is 0. The number of hydrogen-bond acceptors (Lipinski definition) is 6. The number of methoxy groups -OCH3 is 1. The monoisotopic (exact) mass is 487 g/mol. The molecular formula is C29H29NO6. The topological polar surface area (TPSA) is 85.3 Å². The van der Waals surface area contributed by atoms with Crippen LogP contribution in [0.5, 0.6) is 17.2 Å². The summed E-state index contributed by atoms with van der Waals surface area (Å²) in [4.78, 5) is 27.7. The van der Waals surface area contributed by atoms with Crippen molar-refractivity contribution >= 4 is 17.4 Å². The van der Waals surface area contributed by atoms with Crippen molar-refractivity contribution in [2.45, 2.75) is 19.4 Å². The van der Waals surface area contributed by atoms with E-state index in [2.05, 4.69) is 0 Å². The van der Waals surface area contributed by atoms with E-state index in [0.29, 0.717) is 35.0 Å². The maximum absolute atomic E-state index is 13.2. The zero-order valence-corrected chi connectivity index (χ0v) is 20.3. The van der Waals surface area contributed by atoms with Crippen molar-refractivity contribution in [3.05, 3.63) is 95.6 Å². The minimum Gasteiger partial charge on any atom is -0.507 e. The number of Topliss-reactive ketones (excluding diaryl/α,β-unsaturated/α-hetero) is 1. The van der Waals surface area contributed by atoms with Crippen LogP contribution in [0.4, 0.5) is 0 Å². The van der Waals surface area contributed by atoms with Crippen LogP contribution in [0, 0.1) is 0 Å². The van der Waals surface area contributed by atoms with E-state index in [9.17, 15) is 14.7 Å². The molecule has 0 aromatic heterocycles. The number of amides is 1. The number of para-hydroxylation sites is 1. The van der Waals surface area contributed by atoms with E-state index in [1.54, 1.807) is 42.5 Å². The van der Waals surface area contributed by atoms with Crippen molar-refractivity contribution in [1.29, 1.82) is 0 Å². The van der Waals surface area contributed by atoms with Gasteiger partial charge in [-0.1, -0.05) is 49.4 Å². The molecule has 0 spiro atoms. The summed E-state index contributed by atoms with van der Waals surface area (Å²) in [6.07, 6.45) is 0.836. The number of aliphatic hydroxyl groups excluding tert-OH is 1. The van der Waals surface area contributed by atoms with E-state index in [1.807, 2.05) is 43.3 Å². The standard InChI is InChI=1S/C29H29NO6/c1-3-16-35-23-13-8-10-21(19-23)27(31)25-26(30(15-17-34-2)29(33)28(25)32)20-9-7-14-24(18-20)36-22-11-5-4-6-12-22/h4-14,18-19,26,31H,3,15-17H2,1-2H3/b27-25+. The highest BCUT2D eigenvalue weighted by Gasteiger charge is 2.46. The SMILES string of the molecule is CCCOc1cccc(/C(O)=C2\C(=O)C(=O)N(CCOC)C2c2cccc(Oc3ccccc3)c2)c1. The zero-order chi connectivity index (χ0) is 25.5. The van der Waals surface area contributed by atoms with Gasteiger partial charge < -0.3 is 24.2 Å². The van der Waals surface area contributed by atoms with Crippen molar-refractivity contribution in [3.8, 4) is 17.2 Å². The molecule has 1 fully saturated rings. The number of rotatable bonds is 10. The summed E-state index contributed by atoms with van der Waals surface area (Å²) in [5, 5.41) is 11.3. The van der Waals surface area contributed by atoms with Crippen molar-refractivity contribution in [3.63, 3.8) is 0 Å². The molecule has 36 heavy (non-hydrogen) atoms. The van der Waals surface area contributed by atoms with E-state index in [0.717, 1.165) is 6.42 Å². The molecule has 1 unspecified atom stereocenters. The highest BCUT2D eigenvalue weighted by molar-refractivity contribution is 6.46. The van der Waals surface area contributed by atoms with E-state index in [-0.39, 0.29) is 24.5 Å². The maximum Gasteiger partial charge on any atom is 0.295 e. The number of aliphatic hydroxyl groups is 1. The van der Waals surface area contributed by atoms with Gasteiger partial charge in [-0.2, -0.15) is 0 Å². The Labute approximate surface area is 210 Å². The fourth-order valence-electron chi connectivity index (χ4n) is 4.13. The molecule has 1 heterocycles. The minimum absolute atomic E-state index is 0.0144. The molecule has 0 radical (unpaired) electrons. The molecular weight excluding hydrogens is 458 g/mol. The first kappa shape index (κ1) is 25.0. The third-order valence-corrected chi connectivity index (χ3v) is 5.81. The summed E-state index contributed by atoms with van der Waals surface area (Å²) in [6, 6.07) is 22.6. The van der Waals surface area contributed by atoms with Crippen molar-refractivity contribution in [1.82, 2.24) is 4.90 Å². The van der Waals surface area contributed by atoms with Crippen LogP contribution in [0.2, 0.25) is 0 Å². The van der Waals surface area contributed by atoms with Gasteiger partial charge in [-0.15, -0.1) is 0 Å². The molecule has 186 valence electrons. The number of ether oxygens (including phenoxy) is 3. The first-order valence-electron chi connectivity index (χ1n) is 11.9. The van der Waals surface area contributed by atoms with Gasteiger partial charge in [-0.3, -0.25) is 9.59 Å². The smallest absolute Gasteiger partial charge is 0.295 e. The number of benzene rings is 3. The predicted octanol–water partition coefficient (Wildman–Crippen LogP) is 5.34. The molecule has 1 aliphatic heterocycles. The van der Waals surface area contributed by atoms with Crippen LogP contribution >= 0.6 is 0 Å². The van der Waals surface area contributed by atoms with Gasteiger partial charge in [-0.05, 0) is 48.4 Å². The Morgan fingerprint density at radius 1 is 0.889 bits per heavy atom. The lowest BCUT2D eigenvalue weighted by atomic mass is 9.95. The van der Waals surface area contributed by atoms with Crippen molar-refractivity contribution in [2.75, 3.05) is 26.9 Å². The second-order valence-corrected chi connectivity index (χ2v) is 8.35. The molecule has 3 aromatic rings. The van der Waals surface area contributed by atoms with Gasteiger partial charge >= 0.3 is 0 Å². The fraction of sp³-hybridized carbons (Fsp3) is 0.241. The number of carbonyl (C=O) groups excluding carboxylic acids is 2. The molecule has 7 heteroatoms. The third kappa shape index (κ3) is 5.42. The van der Waals surface area contributed by atoms with E-state index in [1.165, 1.54) is 12.0 Å². The summed E-state index contributed by atoms with van der Waals surface area (Å²) in [5.74, 6) is 0.0890. The van der Waals surface area contributed by atoms with E-state index < -0.39 is 17.7 Å². The van der Waals surface area contributed by atoms with Gasteiger partial charge in [0.05, 0.1) is 24.8 Å². The van der Waals surface area contributed by atoms with Crippen molar-refractivity contribution in [2.24, 2.45) is 0 Å². The largest absolute Gasteiger partial charge is 0.507 e. The Balaban J connectivity index is 1.77. The Hall–Kier alpha value is -4.10. The number of hydrogen-bond donors (Lipinski definition) is 1. The van der Waals surface area contributed by atoms with Crippen LogP contribution in [0.25, 0.3) is 5.76 Å². The second kappa shape index (κ2) is 11.6. The van der Waals surface area contributed by atoms with Gasteiger partial charge in [-0.25, -0.2) is 0 Å². The van der Waals surface area contributed by atoms with Gasteiger partial charge in [0.25, 0.3) is 11.7 Å². The Bertz CT molecular complexity index is 1250. The molecule has 0 bridgehead atoms. The lowest BCUT2D eigenvalue weighted by molar-refractivity contribution is -0.140. The first-order valence-corrected chi connectivity index (χ1v) is 11.9. The average molecular weight is 488 g/mol. The fourth-order valence-corrected chi connectivity index (χ4v) is 4.13. The lowest BCUT2D eigenvalue weighted by Gasteiger charge is -2.25. The Kier molecular flexibility index (Phi) is 8.02. The number of carbonyl (C=O) groups is 2. The highest BCUT2D eigenvalue weighted by atomic mass is 16.5. The number of likely N-dealkylation sites (tertiary alicyclic amines) is 1. The molecule has 0 saturated carbocycles. The van der Waals surface area contributed by atoms with Crippen LogP contribution in [0.15, 0.2) is 84.4 Å². The van der Waals surface area contributed by atoms with Gasteiger partial charge in [0.1, 0.15) is 23.0 Å². The average Bonchev–Trinajstić information content (AvgIpc) is 3.16. The van der Waals surface area contributed by atoms with Crippen LogP contribution in [-0.2, 0) is 14.3 Å². The van der Waals surface area contributed by atoms with Crippen molar-refractivity contribution < 1.29 is 28.9 Å². The molecule has 1 aliphatic rings. The molecule has 3 aromatic carbocycles. The molecule has 1 amide bonds. The number of ketones is 1. The molecule has 7 nitrogen and oxygen atoms in total. The summed E-state index contributed by atoms with van der Waals surface area (Å²) in [7, 11) is 1.53. The first-order chi connectivity index (χ1) is 17.5. The number of nitrogens with zero attached hydrogens (tertiary/aromatic N) is 1. The minimum atomic E-state index is -0.806. The Morgan fingerprint density at radius 2 is 1.61 bits per heavy atom. The van der Waals surface area contributed by atoms with Crippen LogP contribution in [0.3, 0.4) is 0 Å². The molecule has 1 atom stereocenters. The molecule has 4 rings (SSSR count). The lowest BCUT2D eigenvalue weighted by Crippen LogP contribution is -2.32. The third-order valence-electron chi connectivity index (χ3n) is 5.81. The normalized spacial score (nSPS) is 16.8. The zero-order valence-electron chi connectivity index (χ0n) is 20.3. The van der Waals surface area contributed by atoms with Crippen LogP contribution in [0.1, 0.15) is 30.5 Å². The summed E-state index contributed by atoms with van der Waals surface area (Å²) in [6.45, 7) is 2.96.